The number of phosphoric acid groups is 1. The zero-order chi connectivity index (χ0) is 56.9. The van der Waals surface area contributed by atoms with Gasteiger partial charge in [-0.3, -0.25) is 23.4 Å². The van der Waals surface area contributed by atoms with Gasteiger partial charge in [-0.15, -0.1) is 0 Å². The van der Waals surface area contributed by atoms with E-state index in [1.165, 1.54) is 250 Å². The Kier molecular flexibility index (Phi) is 60.3. The van der Waals surface area contributed by atoms with Gasteiger partial charge in [0.05, 0.1) is 19.8 Å². The van der Waals surface area contributed by atoms with Crippen molar-refractivity contribution in [3.63, 3.8) is 0 Å². The molecule has 3 unspecified atom stereocenters. The average Bonchev–Trinajstić information content (AvgIpc) is 3.43. The normalized spacial score (nSPS) is 13.1. The smallest absolute Gasteiger partial charge is 0.462 e. The summed E-state index contributed by atoms with van der Waals surface area (Å²) in [7, 11) is -4.74. The molecule has 0 saturated carbocycles. The predicted molar refractivity (Wildman–Crippen MR) is 326 cm³/mol. The Hall–Kier alpha value is -1.52. The van der Waals surface area contributed by atoms with Crippen LogP contribution in [0.4, 0.5) is 0 Å². The third-order valence-electron chi connectivity index (χ3n) is 15.5. The fourth-order valence-electron chi connectivity index (χ4n) is 10.4. The summed E-state index contributed by atoms with van der Waals surface area (Å²) in [6.45, 7) is 4.77. The van der Waals surface area contributed by atoms with Gasteiger partial charge in [0, 0.05) is 19.3 Å². The first-order chi connectivity index (χ1) is 38.2. The second-order valence-corrected chi connectivity index (χ2v) is 24.8. The third kappa shape index (κ3) is 59.1. The van der Waals surface area contributed by atoms with E-state index >= 15 is 0 Å². The van der Waals surface area contributed by atoms with Gasteiger partial charge < -0.3 is 24.2 Å². The number of unbranched alkanes of at least 4 members (excludes halogenated alkanes) is 48. The number of phosphoric ester groups is 1. The van der Waals surface area contributed by atoms with Gasteiger partial charge in [0.25, 0.3) is 0 Å². The van der Waals surface area contributed by atoms with Gasteiger partial charge in [-0.1, -0.05) is 329 Å². The molecule has 2 N–H and O–H groups in total. The number of ether oxygens (including phenoxy) is 3. The molecule has 0 radical (unpaired) electrons. The summed E-state index contributed by atoms with van der Waals surface area (Å²) in [5.41, 5.74) is 0. The van der Waals surface area contributed by atoms with Gasteiger partial charge in [-0.05, 0) is 19.3 Å². The minimum Gasteiger partial charge on any atom is -0.462 e. The van der Waals surface area contributed by atoms with Gasteiger partial charge in [-0.2, -0.15) is 0 Å². The van der Waals surface area contributed by atoms with Crippen molar-refractivity contribution in [1.29, 1.82) is 0 Å². The quantitative estimate of drug-likeness (QED) is 0.0259. The van der Waals surface area contributed by atoms with Crippen LogP contribution >= 0.6 is 7.82 Å². The maximum Gasteiger partial charge on any atom is 0.472 e. The highest BCUT2D eigenvalue weighted by atomic mass is 31.2. The summed E-state index contributed by atoms with van der Waals surface area (Å²) in [5.74, 6) is -1.42. The highest BCUT2D eigenvalue weighted by Gasteiger charge is 2.28. The van der Waals surface area contributed by atoms with Crippen LogP contribution in [0.15, 0.2) is 0 Å². The van der Waals surface area contributed by atoms with Crippen LogP contribution in [0.25, 0.3) is 0 Å². The van der Waals surface area contributed by atoms with E-state index in [2.05, 4.69) is 20.8 Å². The first kappa shape index (κ1) is 76.5. The molecule has 0 saturated heterocycles. The molecular formula is C66H129O11P. The lowest BCUT2D eigenvalue weighted by Gasteiger charge is -2.21. The maximum atomic E-state index is 13.0. The lowest BCUT2D eigenvalue weighted by Crippen LogP contribution is -2.30. The first-order valence-corrected chi connectivity index (χ1v) is 35.4. The largest absolute Gasteiger partial charge is 0.472 e. The number of hydrogen-bond acceptors (Lipinski definition) is 10. The van der Waals surface area contributed by atoms with E-state index in [9.17, 15) is 28.9 Å². The molecule has 12 heteroatoms. The molecular weight excluding hydrogens is 1000 g/mol. The molecule has 0 bridgehead atoms. The fraction of sp³-hybridized carbons (Fsp3) is 0.955. The molecule has 0 aromatic heterocycles. The Labute approximate surface area is 482 Å². The Morgan fingerprint density at radius 1 is 0.308 bits per heavy atom. The third-order valence-corrected chi connectivity index (χ3v) is 16.5. The second-order valence-electron chi connectivity index (χ2n) is 23.4. The molecule has 464 valence electrons. The van der Waals surface area contributed by atoms with E-state index in [4.69, 9.17) is 23.3 Å². The van der Waals surface area contributed by atoms with Crippen molar-refractivity contribution < 1.29 is 52.2 Å². The summed E-state index contributed by atoms with van der Waals surface area (Å²) in [6, 6.07) is 0. The number of carbonyl (C=O) groups excluding carboxylic acids is 3. The van der Waals surface area contributed by atoms with Crippen molar-refractivity contribution in [2.75, 3.05) is 26.4 Å². The maximum absolute atomic E-state index is 13.0. The summed E-state index contributed by atoms with van der Waals surface area (Å²) in [5, 5.41) is 9.86. The molecule has 3 atom stereocenters. The standard InChI is InChI=1S/C66H129O11P/c1-4-7-10-13-16-19-22-25-28-30-31-33-36-39-42-45-48-51-54-57-66(70)77-63(59-73-64(68)55-52-49-46-43-40-37-35-32-29-26-23-20-17-14-11-8-5-2)61-75-78(71,72)74-60-62(58-67)76-65(69)56-53-50-47-44-41-38-34-27-24-21-18-15-12-9-6-3/h62-63,67H,4-61H2,1-3H3,(H,71,72). The molecule has 0 aliphatic heterocycles. The Morgan fingerprint density at radius 3 is 0.756 bits per heavy atom. The molecule has 0 aliphatic rings. The molecule has 0 aromatic rings. The van der Waals surface area contributed by atoms with Crippen LogP contribution in [-0.2, 0) is 42.2 Å². The highest BCUT2D eigenvalue weighted by molar-refractivity contribution is 7.47. The molecule has 0 amide bonds. The van der Waals surface area contributed by atoms with Crippen LogP contribution in [0.3, 0.4) is 0 Å². The number of aliphatic hydroxyl groups is 1. The van der Waals surface area contributed by atoms with Gasteiger partial charge in [0.2, 0.25) is 0 Å². The number of carbonyl (C=O) groups is 3. The van der Waals surface area contributed by atoms with E-state index in [1.54, 1.807) is 0 Å². The molecule has 0 spiro atoms. The number of rotatable bonds is 65. The topological polar surface area (TPSA) is 155 Å². The molecule has 0 aliphatic carbocycles. The van der Waals surface area contributed by atoms with Crippen LogP contribution < -0.4 is 0 Å². The Balaban J connectivity index is 4.61. The lowest BCUT2D eigenvalue weighted by molar-refractivity contribution is -0.161. The van der Waals surface area contributed by atoms with Crippen LogP contribution in [0, 0.1) is 0 Å². The first-order valence-electron chi connectivity index (χ1n) is 33.9. The van der Waals surface area contributed by atoms with Crippen LogP contribution in [0.2, 0.25) is 0 Å². The number of esters is 3. The Bertz CT molecular complexity index is 1320. The fourth-order valence-corrected chi connectivity index (χ4v) is 11.1. The van der Waals surface area contributed by atoms with Crippen LogP contribution in [0.1, 0.15) is 367 Å². The molecule has 11 nitrogen and oxygen atoms in total. The van der Waals surface area contributed by atoms with E-state index in [1.807, 2.05) is 0 Å². The molecule has 78 heavy (non-hydrogen) atoms. The molecule has 0 rings (SSSR count). The molecule has 0 heterocycles. The average molecular weight is 1130 g/mol. The molecule has 0 aromatic carbocycles. The number of hydrogen-bond donors (Lipinski definition) is 2. The Morgan fingerprint density at radius 2 is 0.513 bits per heavy atom. The van der Waals surface area contributed by atoms with Gasteiger partial charge in [0.1, 0.15) is 12.7 Å². The predicted octanol–water partition coefficient (Wildman–Crippen LogP) is 20.6. The zero-order valence-corrected chi connectivity index (χ0v) is 52.6. The van der Waals surface area contributed by atoms with Crippen LogP contribution in [-0.4, -0.2) is 66.5 Å². The van der Waals surface area contributed by atoms with Gasteiger partial charge >= 0.3 is 25.7 Å². The van der Waals surface area contributed by atoms with E-state index < -0.39 is 57.8 Å². The molecule has 0 fully saturated rings. The van der Waals surface area contributed by atoms with E-state index in [-0.39, 0.29) is 25.9 Å². The lowest BCUT2D eigenvalue weighted by atomic mass is 10.0. The SMILES string of the molecule is CCCCCCCCCCCCCCCCCCCCCC(=O)OC(COC(=O)CCCCCCCCCCCCCCCCCCC)COP(=O)(O)OCC(CO)OC(=O)CCCCCCCCCCCCCCCCC. The van der Waals surface area contributed by atoms with Crippen LogP contribution in [0.5, 0.6) is 0 Å². The summed E-state index contributed by atoms with van der Waals surface area (Å²) in [6.07, 6.45) is 61.9. The van der Waals surface area contributed by atoms with Crippen molar-refractivity contribution in [1.82, 2.24) is 0 Å². The highest BCUT2D eigenvalue weighted by Crippen LogP contribution is 2.43. The van der Waals surface area contributed by atoms with Crippen molar-refractivity contribution in [2.45, 2.75) is 380 Å². The zero-order valence-electron chi connectivity index (χ0n) is 51.7. The van der Waals surface area contributed by atoms with E-state index in [0.29, 0.717) is 19.3 Å². The van der Waals surface area contributed by atoms with Crippen molar-refractivity contribution in [3.05, 3.63) is 0 Å². The van der Waals surface area contributed by atoms with Crippen molar-refractivity contribution in [2.24, 2.45) is 0 Å². The van der Waals surface area contributed by atoms with E-state index in [0.717, 1.165) is 57.8 Å². The summed E-state index contributed by atoms with van der Waals surface area (Å²) in [4.78, 5) is 48.8. The minimum absolute atomic E-state index is 0.179. The van der Waals surface area contributed by atoms with Gasteiger partial charge in [0.15, 0.2) is 6.10 Å². The van der Waals surface area contributed by atoms with Gasteiger partial charge in [-0.25, -0.2) is 4.57 Å². The minimum atomic E-state index is -4.74. The monoisotopic (exact) mass is 1130 g/mol. The van der Waals surface area contributed by atoms with Crippen molar-refractivity contribution in [3.8, 4) is 0 Å². The number of aliphatic hydroxyl groups excluding tert-OH is 1. The second kappa shape index (κ2) is 61.5. The summed E-state index contributed by atoms with van der Waals surface area (Å²) < 4.78 is 39.8. The van der Waals surface area contributed by atoms with Crippen molar-refractivity contribution >= 4 is 25.7 Å². The summed E-state index contributed by atoms with van der Waals surface area (Å²) >= 11 is 0.